The lowest BCUT2D eigenvalue weighted by molar-refractivity contribution is -0.871. The van der Waals surface area contributed by atoms with Crippen molar-refractivity contribution >= 4 is 14.1 Å². The third-order valence-corrected chi connectivity index (χ3v) is 6.14. The second-order valence-corrected chi connectivity index (χ2v) is 10.8. The summed E-state index contributed by atoms with van der Waals surface area (Å²) >= 11 is 0. The molecule has 2 atom stereocenters. The van der Waals surface area contributed by atoms with E-state index in [0.717, 1.165) is 6.42 Å². The average Bonchev–Trinajstić information content (AvgIpc) is 2.56. The van der Waals surface area contributed by atoms with E-state index >= 15 is 0 Å². The molecule has 0 rings (SSSR count). The normalized spacial score (nSPS) is 13.5. The monoisotopic (exact) mass is 402 g/mol. The fraction of sp³-hybridized carbons (Fsp3) is 0.957. The van der Waals surface area contributed by atoms with Crippen LogP contribution in [0.1, 0.15) is 110 Å². The van der Waals surface area contributed by atoms with Gasteiger partial charge in [0.1, 0.15) is 12.4 Å². The number of carbonyl (C=O) groups is 1. The summed E-state index contributed by atoms with van der Waals surface area (Å²) in [4.78, 5) is 11.9. The molecule has 0 spiro atoms. The van der Waals surface area contributed by atoms with Crippen molar-refractivity contribution in [3.05, 3.63) is 0 Å². The molecule has 0 fully saturated rings. The van der Waals surface area contributed by atoms with Crippen LogP contribution in [0.2, 0.25) is 0 Å². The minimum atomic E-state index is -0.464. The maximum Gasteiger partial charge on any atom is 0.154 e. The number of unbranched alkanes of at least 4 members (excludes halogenated alkanes) is 14. The third kappa shape index (κ3) is 22.2. The Morgan fingerprint density at radius 2 is 1.11 bits per heavy atom. The van der Waals surface area contributed by atoms with Crippen LogP contribution in [0.5, 0.6) is 0 Å². The molecule has 0 saturated carbocycles. The summed E-state index contributed by atoms with van der Waals surface area (Å²) in [6.07, 6.45) is 20.9. The Morgan fingerprint density at radius 1 is 0.741 bits per heavy atom. The van der Waals surface area contributed by atoms with Gasteiger partial charge in [0.05, 0.1) is 21.1 Å². The smallest absolute Gasteiger partial charge is 0.154 e. The zero-order chi connectivity index (χ0) is 20.4. The predicted molar refractivity (Wildman–Crippen MR) is 122 cm³/mol. The third-order valence-electron chi connectivity index (χ3n) is 5.06. The van der Waals surface area contributed by atoms with Crippen molar-refractivity contribution in [3.63, 3.8) is 0 Å². The largest absolute Gasteiger partial charge is 0.383 e. The summed E-state index contributed by atoms with van der Waals surface area (Å²) in [6.45, 7) is 2.93. The maximum atomic E-state index is 11.9. The summed E-state index contributed by atoms with van der Waals surface area (Å²) in [6, 6.07) is 0. The first-order valence-corrected chi connectivity index (χ1v) is 12.7. The van der Waals surface area contributed by atoms with Crippen molar-refractivity contribution in [3.8, 4) is 0 Å². The molecule has 0 aromatic carbocycles. The number of hydrogen-bond donors (Lipinski definition) is 1. The molecule has 0 aliphatic rings. The topological polar surface area (TPSA) is 37.3 Å². The molecule has 0 heterocycles. The van der Waals surface area contributed by atoms with Crippen LogP contribution in [0.25, 0.3) is 0 Å². The molecule has 162 valence electrons. The molecule has 0 aliphatic heterocycles. The van der Waals surface area contributed by atoms with Crippen molar-refractivity contribution in [2.24, 2.45) is 0 Å². The number of quaternary nitrogens is 1. The van der Waals surface area contributed by atoms with E-state index in [1.165, 1.54) is 89.9 Å². The minimum Gasteiger partial charge on any atom is -0.383 e. The standard InChI is InChI=1S/C23H49NO2P/c1-5-6-7-8-9-10-11-12-13-14-15-16-17-18-19-20-22(25)27-23(26)21-24(2,3)4/h23,26-27H,5-21H2,1-4H3/q+1. The van der Waals surface area contributed by atoms with E-state index in [9.17, 15) is 9.90 Å². The first-order valence-electron chi connectivity index (χ1n) is 11.6. The van der Waals surface area contributed by atoms with Gasteiger partial charge in [-0.15, -0.1) is 0 Å². The van der Waals surface area contributed by atoms with Crippen LogP contribution in [-0.2, 0) is 4.79 Å². The van der Waals surface area contributed by atoms with Gasteiger partial charge in [0.25, 0.3) is 0 Å². The Hall–Kier alpha value is 0.0200. The van der Waals surface area contributed by atoms with Crippen LogP contribution in [0, 0.1) is 0 Å². The molecular weight excluding hydrogens is 353 g/mol. The second kappa shape index (κ2) is 18.1. The number of carbonyl (C=O) groups excluding carboxylic acids is 1. The van der Waals surface area contributed by atoms with Crippen molar-refractivity contribution in [2.75, 3.05) is 27.7 Å². The van der Waals surface area contributed by atoms with E-state index in [2.05, 4.69) is 6.92 Å². The molecule has 2 unspecified atom stereocenters. The van der Waals surface area contributed by atoms with E-state index in [1.807, 2.05) is 21.1 Å². The first kappa shape index (κ1) is 27.0. The molecule has 0 aromatic rings. The summed E-state index contributed by atoms with van der Waals surface area (Å²) < 4.78 is 0.709. The van der Waals surface area contributed by atoms with E-state index in [-0.39, 0.29) is 14.1 Å². The SMILES string of the molecule is CCCCCCCCCCCCCCCCCC(=O)PC(O)C[N+](C)(C)C. The van der Waals surface area contributed by atoms with Gasteiger partial charge in [-0.25, -0.2) is 0 Å². The van der Waals surface area contributed by atoms with E-state index < -0.39 is 5.85 Å². The van der Waals surface area contributed by atoms with Gasteiger partial charge in [0, 0.05) is 6.42 Å². The number of aliphatic hydroxyl groups is 1. The number of nitrogens with zero attached hydrogens (tertiary/aromatic N) is 1. The highest BCUT2D eigenvalue weighted by Crippen LogP contribution is 2.23. The number of rotatable bonds is 20. The molecule has 0 aliphatic carbocycles. The Bertz CT molecular complexity index is 342. The summed E-state index contributed by atoms with van der Waals surface area (Å²) in [5.74, 6) is -0.464. The lowest BCUT2D eigenvalue weighted by atomic mass is 10.0. The van der Waals surface area contributed by atoms with Crippen LogP contribution in [0.3, 0.4) is 0 Å². The van der Waals surface area contributed by atoms with E-state index in [0.29, 0.717) is 17.4 Å². The predicted octanol–water partition coefficient (Wildman–Crippen LogP) is 6.48. The first-order chi connectivity index (χ1) is 12.8. The van der Waals surface area contributed by atoms with Gasteiger partial charge in [-0.3, -0.25) is 4.79 Å². The Morgan fingerprint density at radius 3 is 1.48 bits per heavy atom. The number of aliphatic hydroxyl groups excluding tert-OH is 1. The fourth-order valence-electron chi connectivity index (χ4n) is 3.48. The number of likely N-dealkylation sites (N-methyl/N-ethyl adjacent to an activating group) is 1. The fourth-order valence-corrected chi connectivity index (χ4v) is 4.81. The minimum absolute atomic E-state index is 0.0653. The van der Waals surface area contributed by atoms with Gasteiger partial charge >= 0.3 is 0 Å². The van der Waals surface area contributed by atoms with E-state index in [1.54, 1.807) is 0 Å². The Kier molecular flexibility index (Phi) is 18.1. The Labute approximate surface area is 172 Å². The summed E-state index contributed by atoms with van der Waals surface area (Å²) in [7, 11) is 6.21. The summed E-state index contributed by atoms with van der Waals surface area (Å²) in [5, 5.41) is 9.96. The van der Waals surface area contributed by atoms with Gasteiger partial charge in [-0.2, -0.15) is 0 Å². The molecule has 0 aromatic heterocycles. The highest BCUT2D eigenvalue weighted by Gasteiger charge is 2.18. The van der Waals surface area contributed by atoms with Gasteiger partial charge in [0.2, 0.25) is 0 Å². The Balaban J connectivity index is 3.27. The molecular formula is C23H49NO2P+. The quantitative estimate of drug-likeness (QED) is 0.144. The lowest BCUT2D eigenvalue weighted by Gasteiger charge is -2.26. The molecule has 0 saturated heterocycles. The van der Waals surface area contributed by atoms with Gasteiger partial charge in [0.15, 0.2) is 5.52 Å². The molecule has 3 nitrogen and oxygen atoms in total. The molecule has 4 heteroatoms. The zero-order valence-electron chi connectivity index (χ0n) is 18.9. The molecule has 0 radical (unpaired) electrons. The summed E-state index contributed by atoms with van der Waals surface area (Å²) in [5.41, 5.74) is 0.255. The second-order valence-electron chi connectivity index (χ2n) is 9.26. The van der Waals surface area contributed by atoms with Crippen molar-refractivity contribution in [1.29, 1.82) is 0 Å². The van der Waals surface area contributed by atoms with Gasteiger partial charge in [-0.05, 0) is 15.0 Å². The molecule has 1 N–H and O–H groups in total. The number of hydrogen-bond acceptors (Lipinski definition) is 2. The highest BCUT2D eigenvalue weighted by molar-refractivity contribution is 7.58. The highest BCUT2D eigenvalue weighted by atomic mass is 31.1. The van der Waals surface area contributed by atoms with Crippen LogP contribution in [-0.4, -0.2) is 48.6 Å². The van der Waals surface area contributed by atoms with Gasteiger partial charge in [-0.1, -0.05) is 96.8 Å². The van der Waals surface area contributed by atoms with Crippen LogP contribution in [0.4, 0.5) is 0 Å². The molecule has 0 amide bonds. The van der Waals surface area contributed by atoms with Crippen molar-refractivity contribution < 1.29 is 14.4 Å². The van der Waals surface area contributed by atoms with Crippen LogP contribution >= 0.6 is 8.58 Å². The van der Waals surface area contributed by atoms with Crippen LogP contribution < -0.4 is 0 Å². The molecule has 27 heavy (non-hydrogen) atoms. The van der Waals surface area contributed by atoms with E-state index in [4.69, 9.17) is 0 Å². The van der Waals surface area contributed by atoms with Crippen molar-refractivity contribution in [2.45, 2.75) is 116 Å². The average molecular weight is 403 g/mol. The molecule has 0 bridgehead atoms. The zero-order valence-corrected chi connectivity index (χ0v) is 19.9. The van der Waals surface area contributed by atoms with Crippen molar-refractivity contribution in [1.82, 2.24) is 0 Å². The van der Waals surface area contributed by atoms with Crippen LogP contribution in [0.15, 0.2) is 0 Å². The van der Waals surface area contributed by atoms with Gasteiger partial charge < -0.3 is 9.59 Å². The lowest BCUT2D eigenvalue weighted by Crippen LogP contribution is -2.40. The maximum absolute atomic E-state index is 11.9.